The fourth-order valence-electron chi connectivity index (χ4n) is 3.04. The number of nitrogens with zero attached hydrogens (tertiary/aromatic N) is 4. The average molecular weight is 348 g/mol. The van der Waals surface area contributed by atoms with Crippen molar-refractivity contribution < 1.29 is 9.53 Å². The van der Waals surface area contributed by atoms with Gasteiger partial charge in [-0.1, -0.05) is 18.2 Å². The largest absolute Gasteiger partial charge is 0.464 e. The molecular weight excluding hydrogens is 332 g/mol. The van der Waals surface area contributed by atoms with Crippen molar-refractivity contribution in [3.8, 4) is 5.69 Å². The molecule has 0 fully saturated rings. The first-order valence-electron chi connectivity index (χ1n) is 8.20. The molecule has 0 radical (unpaired) electrons. The molecule has 26 heavy (non-hydrogen) atoms. The lowest BCUT2D eigenvalue weighted by molar-refractivity contribution is -0.141. The Labute approximate surface area is 148 Å². The van der Waals surface area contributed by atoms with E-state index in [1.807, 2.05) is 42.5 Å². The van der Waals surface area contributed by atoms with Crippen LogP contribution >= 0.6 is 0 Å². The molecule has 0 N–H and O–H groups in total. The molecule has 7 nitrogen and oxygen atoms in total. The number of imidazole rings is 1. The number of fused-ring (bicyclic) bond motifs is 3. The number of pyridine rings is 2. The lowest BCUT2D eigenvalue weighted by atomic mass is 10.2. The minimum Gasteiger partial charge on any atom is -0.464 e. The summed E-state index contributed by atoms with van der Waals surface area (Å²) in [4.78, 5) is 33.1. The molecule has 4 rings (SSSR count). The number of carbonyl (C=O) groups is 1. The van der Waals surface area contributed by atoms with Gasteiger partial charge in [-0.05, 0) is 24.3 Å². The van der Waals surface area contributed by atoms with E-state index in [4.69, 9.17) is 4.74 Å². The summed E-state index contributed by atoms with van der Waals surface area (Å²) >= 11 is 0. The molecule has 4 aromatic rings. The number of carbonyl (C=O) groups excluding carboxylic acids is 1. The van der Waals surface area contributed by atoms with Crippen LogP contribution in [0.4, 0.5) is 0 Å². The summed E-state index contributed by atoms with van der Waals surface area (Å²) in [7, 11) is 0. The summed E-state index contributed by atoms with van der Waals surface area (Å²) in [6, 6.07) is 13.1. The van der Waals surface area contributed by atoms with E-state index in [9.17, 15) is 9.59 Å². The van der Waals surface area contributed by atoms with Gasteiger partial charge in [-0.3, -0.25) is 14.2 Å². The smallest absolute Gasteiger partial charge is 0.302 e. The number of para-hydroxylation sites is 1. The fraction of sp³-hybridized carbons (Fsp3) is 0.158. The number of rotatable bonds is 4. The van der Waals surface area contributed by atoms with E-state index in [2.05, 4.69) is 9.97 Å². The molecule has 3 aromatic heterocycles. The zero-order valence-electron chi connectivity index (χ0n) is 14.1. The van der Waals surface area contributed by atoms with Gasteiger partial charge >= 0.3 is 5.97 Å². The third-order valence-corrected chi connectivity index (χ3v) is 4.15. The first-order valence-corrected chi connectivity index (χ1v) is 8.20. The quantitative estimate of drug-likeness (QED) is 0.529. The van der Waals surface area contributed by atoms with Crippen molar-refractivity contribution in [2.75, 3.05) is 6.61 Å². The number of hydrogen-bond acceptors (Lipinski definition) is 5. The van der Waals surface area contributed by atoms with E-state index in [-0.39, 0.29) is 18.1 Å². The summed E-state index contributed by atoms with van der Waals surface area (Å²) < 4.78 is 8.30. The second-order valence-electron chi connectivity index (χ2n) is 5.83. The van der Waals surface area contributed by atoms with Crippen LogP contribution in [0.1, 0.15) is 6.92 Å². The normalized spacial score (nSPS) is 11.1. The van der Waals surface area contributed by atoms with Gasteiger partial charge in [0.2, 0.25) is 0 Å². The highest BCUT2D eigenvalue weighted by molar-refractivity contribution is 6.01. The minimum absolute atomic E-state index is 0.177. The molecule has 0 unspecified atom stereocenters. The fourth-order valence-corrected chi connectivity index (χ4v) is 3.04. The highest BCUT2D eigenvalue weighted by Crippen LogP contribution is 2.22. The Balaban J connectivity index is 1.99. The Bertz CT molecular complexity index is 1160. The Hall–Kier alpha value is -3.48. The number of ether oxygens (including phenoxy) is 1. The highest BCUT2D eigenvalue weighted by atomic mass is 16.5. The first kappa shape index (κ1) is 16.0. The van der Waals surface area contributed by atoms with E-state index < -0.39 is 0 Å². The molecule has 0 atom stereocenters. The van der Waals surface area contributed by atoms with E-state index >= 15 is 0 Å². The number of aromatic nitrogens is 4. The van der Waals surface area contributed by atoms with Crippen molar-refractivity contribution in [1.82, 2.24) is 19.1 Å². The molecule has 0 aliphatic carbocycles. The van der Waals surface area contributed by atoms with Crippen LogP contribution in [-0.4, -0.2) is 31.7 Å². The van der Waals surface area contributed by atoms with Crippen LogP contribution in [0.2, 0.25) is 0 Å². The Kier molecular flexibility index (Phi) is 3.96. The second kappa shape index (κ2) is 6.44. The molecule has 0 saturated heterocycles. The molecule has 3 heterocycles. The molecule has 0 saturated carbocycles. The Morgan fingerprint density at radius 2 is 1.92 bits per heavy atom. The molecule has 7 heteroatoms. The summed E-state index contributed by atoms with van der Waals surface area (Å²) in [6.45, 7) is 1.89. The molecule has 0 aliphatic heterocycles. The second-order valence-corrected chi connectivity index (χ2v) is 5.83. The molecule has 130 valence electrons. The van der Waals surface area contributed by atoms with Crippen molar-refractivity contribution >= 4 is 28.0 Å². The van der Waals surface area contributed by atoms with Crippen LogP contribution < -0.4 is 5.56 Å². The predicted octanol–water partition coefficient (Wildman–Crippen LogP) is 2.30. The van der Waals surface area contributed by atoms with Gasteiger partial charge in [0.15, 0.2) is 0 Å². The van der Waals surface area contributed by atoms with Gasteiger partial charge in [0, 0.05) is 18.5 Å². The van der Waals surface area contributed by atoms with Crippen LogP contribution in [0.15, 0.2) is 59.8 Å². The van der Waals surface area contributed by atoms with Gasteiger partial charge in [0.1, 0.15) is 23.3 Å². The topological polar surface area (TPSA) is 79.0 Å². The van der Waals surface area contributed by atoms with E-state index in [0.29, 0.717) is 23.2 Å². The van der Waals surface area contributed by atoms with Gasteiger partial charge in [-0.15, -0.1) is 0 Å². The van der Waals surface area contributed by atoms with Gasteiger partial charge in [-0.25, -0.2) is 9.97 Å². The zero-order chi connectivity index (χ0) is 18.1. The van der Waals surface area contributed by atoms with Gasteiger partial charge < -0.3 is 9.30 Å². The van der Waals surface area contributed by atoms with Crippen molar-refractivity contribution in [2.24, 2.45) is 0 Å². The Morgan fingerprint density at radius 1 is 1.12 bits per heavy atom. The minimum atomic E-state index is -0.356. The first-order chi connectivity index (χ1) is 12.7. The molecular formula is C19H16N4O3. The van der Waals surface area contributed by atoms with Crippen molar-refractivity contribution in [2.45, 2.75) is 13.5 Å². The molecule has 0 bridgehead atoms. The summed E-state index contributed by atoms with van der Waals surface area (Å²) in [5, 5.41) is 0.789. The standard InChI is InChI=1S/C19H16N4O3/c1-13(24)26-11-10-22-12-21-16-15-8-5-9-20-18(15)23(19(25)17(16)22)14-6-3-2-4-7-14/h2-9,12H,10-11H2,1H3. The van der Waals surface area contributed by atoms with Crippen LogP contribution in [-0.2, 0) is 16.1 Å². The summed E-state index contributed by atoms with van der Waals surface area (Å²) in [6.07, 6.45) is 3.25. The van der Waals surface area contributed by atoms with Crippen LogP contribution in [0, 0.1) is 0 Å². The third-order valence-electron chi connectivity index (χ3n) is 4.15. The molecule has 0 spiro atoms. The molecule has 0 amide bonds. The molecule has 1 aromatic carbocycles. The third kappa shape index (κ3) is 2.63. The van der Waals surface area contributed by atoms with E-state index in [0.717, 1.165) is 11.1 Å². The lowest BCUT2D eigenvalue weighted by Gasteiger charge is -2.11. The monoisotopic (exact) mass is 348 g/mol. The number of hydrogen-bond donors (Lipinski definition) is 0. The van der Waals surface area contributed by atoms with E-state index in [1.165, 1.54) is 6.92 Å². The Morgan fingerprint density at radius 3 is 2.69 bits per heavy atom. The lowest BCUT2D eigenvalue weighted by Crippen LogP contribution is -2.22. The van der Waals surface area contributed by atoms with Crippen LogP contribution in [0.25, 0.3) is 27.8 Å². The maximum absolute atomic E-state index is 13.3. The summed E-state index contributed by atoms with van der Waals surface area (Å²) in [5.41, 5.74) is 2.13. The maximum Gasteiger partial charge on any atom is 0.302 e. The van der Waals surface area contributed by atoms with Crippen LogP contribution in [0.5, 0.6) is 0 Å². The highest BCUT2D eigenvalue weighted by Gasteiger charge is 2.17. The zero-order valence-corrected chi connectivity index (χ0v) is 14.1. The predicted molar refractivity (Wildman–Crippen MR) is 97.3 cm³/mol. The van der Waals surface area contributed by atoms with Crippen molar-refractivity contribution in [3.05, 3.63) is 65.3 Å². The summed E-state index contributed by atoms with van der Waals surface area (Å²) in [5.74, 6) is -0.356. The maximum atomic E-state index is 13.3. The molecule has 0 aliphatic rings. The SMILES string of the molecule is CC(=O)OCCn1cnc2c3cccnc3n(-c3ccccc3)c(=O)c21. The van der Waals surface area contributed by atoms with Gasteiger partial charge in [-0.2, -0.15) is 0 Å². The average Bonchev–Trinajstić information content (AvgIpc) is 3.07. The van der Waals surface area contributed by atoms with Gasteiger partial charge in [0.05, 0.1) is 18.6 Å². The van der Waals surface area contributed by atoms with E-state index in [1.54, 1.807) is 21.7 Å². The number of benzene rings is 1. The van der Waals surface area contributed by atoms with Crippen molar-refractivity contribution in [3.63, 3.8) is 0 Å². The van der Waals surface area contributed by atoms with Gasteiger partial charge in [0.25, 0.3) is 5.56 Å². The van der Waals surface area contributed by atoms with Crippen molar-refractivity contribution in [1.29, 1.82) is 0 Å². The number of esters is 1. The van der Waals surface area contributed by atoms with Crippen LogP contribution in [0.3, 0.4) is 0 Å².